The van der Waals surface area contributed by atoms with Crippen LogP contribution in [0.25, 0.3) is 10.8 Å². The van der Waals surface area contributed by atoms with Gasteiger partial charge in [0.2, 0.25) is 0 Å². The first-order valence-electron chi connectivity index (χ1n) is 4.67. The molecular formula is C10H12Na4O6S2. The van der Waals surface area contributed by atoms with E-state index in [2.05, 4.69) is 0 Å². The molecule has 2 rings (SSSR count). The second-order valence-electron chi connectivity index (χ2n) is 3.62. The molecule has 2 N–H and O–H groups in total. The van der Waals surface area contributed by atoms with Crippen molar-refractivity contribution in [3.05, 3.63) is 36.4 Å². The van der Waals surface area contributed by atoms with Gasteiger partial charge in [-0.15, -0.1) is 0 Å². The third-order valence-electron chi connectivity index (χ3n) is 2.38. The van der Waals surface area contributed by atoms with Crippen LogP contribution in [0.2, 0.25) is 0 Å². The van der Waals surface area contributed by atoms with Crippen molar-refractivity contribution >= 4 is 149 Å². The van der Waals surface area contributed by atoms with Crippen molar-refractivity contribution in [1.82, 2.24) is 0 Å². The van der Waals surface area contributed by atoms with Crippen molar-refractivity contribution in [3.63, 3.8) is 0 Å². The van der Waals surface area contributed by atoms with E-state index in [1.165, 1.54) is 24.3 Å². The van der Waals surface area contributed by atoms with Crippen molar-refractivity contribution in [2.24, 2.45) is 0 Å². The van der Waals surface area contributed by atoms with Gasteiger partial charge in [0.25, 0.3) is 20.2 Å². The van der Waals surface area contributed by atoms with Crippen LogP contribution in [0, 0.1) is 0 Å². The average Bonchev–Trinajstić information content (AvgIpc) is 2.25. The van der Waals surface area contributed by atoms with Gasteiger partial charge in [-0.2, -0.15) is 16.8 Å². The number of hydrogen-bond acceptors (Lipinski definition) is 4. The fraction of sp³-hybridized carbons (Fsp3) is 0. The number of hydrogen-bond donors (Lipinski definition) is 2. The first kappa shape index (κ1) is 29.3. The van der Waals surface area contributed by atoms with Crippen LogP contribution in [0.5, 0.6) is 0 Å². The maximum absolute atomic E-state index is 10.9. The Balaban J connectivity index is -0.000000902. The molecule has 0 saturated heterocycles. The standard InChI is InChI=1S/C10H8O6S2.4Na.4H/c11-17(12,13)9-3-1-7-2-4-10(18(14,15)16)6-8(7)5-9;;;;;;;;/h1-6H,(H,11,12,13)(H,14,15,16);;;;;;;;. The summed E-state index contributed by atoms with van der Waals surface area (Å²) in [5.41, 5.74) is 0. The summed E-state index contributed by atoms with van der Waals surface area (Å²) in [6, 6.07) is 7.49. The molecule has 104 valence electrons. The summed E-state index contributed by atoms with van der Waals surface area (Å²) in [6.45, 7) is 0. The zero-order valence-electron chi connectivity index (χ0n) is 8.81. The fourth-order valence-electron chi connectivity index (χ4n) is 1.52. The summed E-state index contributed by atoms with van der Waals surface area (Å²) in [6.07, 6.45) is 0. The first-order chi connectivity index (χ1) is 8.18. The van der Waals surface area contributed by atoms with Crippen LogP contribution in [0.3, 0.4) is 0 Å². The predicted octanol–water partition coefficient (Wildman–Crippen LogP) is -1.26. The molecule has 0 atom stereocenters. The van der Waals surface area contributed by atoms with E-state index in [-0.39, 0.29) is 133 Å². The van der Waals surface area contributed by atoms with E-state index in [1.54, 1.807) is 0 Å². The normalized spacial score (nSPS) is 10.5. The van der Waals surface area contributed by atoms with Crippen LogP contribution in [0.1, 0.15) is 0 Å². The van der Waals surface area contributed by atoms with Crippen molar-refractivity contribution in [3.8, 4) is 0 Å². The number of rotatable bonds is 2. The van der Waals surface area contributed by atoms with Gasteiger partial charge < -0.3 is 0 Å². The monoisotopic (exact) mass is 384 g/mol. The minimum absolute atomic E-state index is 0. The Hall–Kier alpha value is 2.52. The van der Waals surface area contributed by atoms with E-state index in [9.17, 15) is 16.8 Å². The molecule has 0 bridgehead atoms. The molecule has 2 aromatic rings. The van der Waals surface area contributed by atoms with Crippen LogP contribution in [-0.4, -0.2) is 144 Å². The maximum atomic E-state index is 10.9. The van der Waals surface area contributed by atoms with Crippen molar-refractivity contribution in [2.45, 2.75) is 9.79 Å². The molecular weight excluding hydrogens is 372 g/mol. The topological polar surface area (TPSA) is 109 Å². The molecule has 0 aliphatic carbocycles. The molecule has 12 heteroatoms. The summed E-state index contributed by atoms with van der Waals surface area (Å²) in [5.74, 6) is 0. The van der Waals surface area contributed by atoms with Crippen LogP contribution in [-0.2, 0) is 20.2 Å². The van der Waals surface area contributed by atoms with Gasteiger partial charge in [0.1, 0.15) is 0 Å². The summed E-state index contributed by atoms with van der Waals surface area (Å²) >= 11 is 0. The van der Waals surface area contributed by atoms with Gasteiger partial charge in [-0.3, -0.25) is 9.11 Å². The van der Waals surface area contributed by atoms with E-state index in [1.807, 2.05) is 0 Å². The van der Waals surface area contributed by atoms with Gasteiger partial charge >= 0.3 is 118 Å². The zero-order valence-corrected chi connectivity index (χ0v) is 10.4. The summed E-state index contributed by atoms with van der Waals surface area (Å²) in [4.78, 5) is -0.690. The molecule has 0 spiro atoms. The Morgan fingerprint density at radius 1 is 0.591 bits per heavy atom. The van der Waals surface area contributed by atoms with Gasteiger partial charge in [0.05, 0.1) is 9.79 Å². The molecule has 0 fully saturated rings. The SMILES string of the molecule is O=S(=O)(O)c1ccc2ccc(S(=O)(=O)O)cc2c1.[NaH].[NaH].[NaH].[NaH]. The third kappa shape index (κ3) is 7.82. The van der Waals surface area contributed by atoms with Gasteiger partial charge in [-0.25, -0.2) is 0 Å². The van der Waals surface area contributed by atoms with Gasteiger partial charge in [-0.05, 0) is 35.0 Å². The molecule has 0 amide bonds. The second-order valence-corrected chi connectivity index (χ2v) is 6.46. The predicted molar refractivity (Wildman–Crippen MR) is 92.2 cm³/mol. The van der Waals surface area contributed by atoms with E-state index in [0.29, 0.717) is 5.39 Å². The molecule has 6 nitrogen and oxygen atoms in total. The molecule has 0 aliphatic heterocycles. The molecule has 0 aromatic heterocycles. The van der Waals surface area contributed by atoms with Crippen LogP contribution in [0.4, 0.5) is 0 Å². The molecule has 0 heterocycles. The molecule has 0 saturated carbocycles. The second kappa shape index (κ2) is 11.3. The average molecular weight is 384 g/mol. The molecule has 0 radical (unpaired) electrons. The van der Waals surface area contributed by atoms with E-state index >= 15 is 0 Å². The summed E-state index contributed by atoms with van der Waals surface area (Å²) in [7, 11) is -8.71. The Kier molecular flexibility index (Phi) is 15.0. The first-order valence-corrected chi connectivity index (χ1v) is 7.55. The summed E-state index contributed by atoms with van der Waals surface area (Å²) < 4.78 is 61.5. The Morgan fingerprint density at radius 2 is 0.909 bits per heavy atom. The molecule has 0 unspecified atom stereocenters. The van der Waals surface area contributed by atoms with Gasteiger partial charge in [-0.1, -0.05) is 12.1 Å². The molecule has 2 aromatic carbocycles. The Bertz CT molecular complexity index is 769. The van der Waals surface area contributed by atoms with Gasteiger partial charge in [0, 0.05) is 0 Å². The third-order valence-corrected chi connectivity index (χ3v) is 4.08. The van der Waals surface area contributed by atoms with Crippen molar-refractivity contribution in [2.75, 3.05) is 0 Å². The van der Waals surface area contributed by atoms with Crippen LogP contribution in [0.15, 0.2) is 46.2 Å². The minimum atomic E-state index is -4.35. The van der Waals surface area contributed by atoms with Crippen molar-refractivity contribution in [1.29, 1.82) is 0 Å². The summed E-state index contributed by atoms with van der Waals surface area (Å²) in [5, 5.41) is 0.857. The molecule has 22 heavy (non-hydrogen) atoms. The zero-order chi connectivity index (χ0) is 13.6. The Labute approximate surface area is 217 Å². The van der Waals surface area contributed by atoms with Crippen LogP contribution >= 0.6 is 0 Å². The van der Waals surface area contributed by atoms with Gasteiger partial charge in [0.15, 0.2) is 0 Å². The fourth-order valence-corrected chi connectivity index (χ4v) is 2.56. The van der Waals surface area contributed by atoms with E-state index in [0.717, 1.165) is 12.1 Å². The number of benzene rings is 2. The quantitative estimate of drug-likeness (QED) is 0.494. The van der Waals surface area contributed by atoms with Crippen molar-refractivity contribution < 1.29 is 25.9 Å². The molecule has 0 aliphatic rings. The van der Waals surface area contributed by atoms with E-state index in [4.69, 9.17) is 9.11 Å². The van der Waals surface area contributed by atoms with E-state index < -0.39 is 20.2 Å². The van der Waals surface area contributed by atoms with Crippen LogP contribution < -0.4 is 0 Å². The number of fused-ring (bicyclic) bond motifs is 1. The Morgan fingerprint density at radius 3 is 1.18 bits per heavy atom.